The van der Waals surface area contributed by atoms with Crippen molar-refractivity contribution in [1.82, 2.24) is 0 Å². The molecule has 2 aliphatic rings. The molecule has 4 nitrogen and oxygen atoms in total. The van der Waals surface area contributed by atoms with Crippen LogP contribution in [0.1, 0.15) is 27.8 Å². The first-order valence-corrected chi connectivity index (χ1v) is 13.6. The quantitative estimate of drug-likeness (QED) is 0.233. The second kappa shape index (κ2) is 9.49. The van der Waals surface area contributed by atoms with Crippen LogP contribution < -0.4 is 18.9 Å². The first kappa shape index (κ1) is 24.3. The maximum Gasteiger partial charge on any atom is 0.178 e. The third kappa shape index (κ3) is 3.60. The van der Waals surface area contributed by atoms with E-state index >= 15 is 0 Å². The number of hydrogen-bond acceptors (Lipinski definition) is 4. The van der Waals surface area contributed by atoms with Crippen molar-refractivity contribution in [3.8, 4) is 34.1 Å². The van der Waals surface area contributed by atoms with Crippen LogP contribution in [0, 0.1) is 0 Å². The number of aryl methyl sites for hydroxylation is 2. The van der Waals surface area contributed by atoms with Crippen LogP contribution in [0.25, 0.3) is 28.0 Å². The molecule has 1 heterocycles. The number of benzene rings is 5. The van der Waals surface area contributed by atoms with Crippen molar-refractivity contribution in [1.29, 1.82) is 0 Å². The molecule has 1 unspecified atom stereocenters. The van der Waals surface area contributed by atoms with Gasteiger partial charge >= 0.3 is 0 Å². The van der Waals surface area contributed by atoms with Gasteiger partial charge in [-0.1, -0.05) is 66.7 Å². The van der Waals surface area contributed by atoms with E-state index in [1.54, 1.807) is 21.3 Å². The van der Waals surface area contributed by atoms with E-state index in [1.165, 1.54) is 22.1 Å². The van der Waals surface area contributed by atoms with Crippen LogP contribution in [-0.2, 0) is 18.4 Å². The lowest BCUT2D eigenvalue weighted by atomic mass is 9.78. The third-order valence-corrected chi connectivity index (χ3v) is 8.31. The van der Waals surface area contributed by atoms with E-state index in [4.69, 9.17) is 18.9 Å². The summed E-state index contributed by atoms with van der Waals surface area (Å²) in [7, 11) is 5.06. The van der Waals surface area contributed by atoms with Crippen LogP contribution >= 0.6 is 0 Å². The molecular weight excluding hydrogens is 496 g/mol. The van der Waals surface area contributed by atoms with Gasteiger partial charge in [0.05, 0.1) is 21.3 Å². The molecule has 0 radical (unpaired) electrons. The van der Waals surface area contributed by atoms with Crippen LogP contribution in [0.5, 0.6) is 23.0 Å². The first-order chi connectivity index (χ1) is 19.7. The Morgan fingerprint density at radius 3 is 2.08 bits per heavy atom. The highest BCUT2D eigenvalue weighted by molar-refractivity contribution is 6.04. The predicted octanol–water partition coefficient (Wildman–Crippen LogP) is 7.98. The molecule has 0 bridgehead atoms. The molecule has 0 saturated carbocycles. The van der Waals surface area contributed by atoms with E-state index < -0.39 is 5.60 Å². The van der Waals surface area contributed by atoms with Crippen molar-refractivity contribution >= 4 is 16.8 Å². The number of hydrogen-bond donors (Lipinski definition) is 0. The monoisotopic (exact) mass is 526 g/mol. The molecule has 0 aromatic heterocycles. The van der Waals surface area contributed by atoms with Crippen molar-refractivity contribution in [3.05, 3.63) is 125 Å². The minimum Gasteiger partial charge on any atom is -0.497 e. The van der Waals surface area contributed by atoms with Gasteiger partial charge in [0.15, 0.2) is 17.1 Å². The fraction of sp³-hybridized carbons (Fsp3) is 0.167. The highest BCUT2D eigenvalue weighted by Crippen LogP contribution is 2.53. The van der Waals surface area contributed by atoms with Crippen molar-refractivity contribution in [2.45, 2.75) is 18.4 Å². The van der Waals surface area contributed by atoms with Crippen molar-refractivity contribution < 1.29 is 18.9 Å². The van der Waals surface area contributed by atoms with Gasteiger partial charge in [0.2, 0.25) is 0 Å². The topological polar surface area (TPSA) is 36.9 Å². The molecule has 7 rings (SSSR count). The van der Waals surface area contributed by atoms with Gasteiger partial charge in [-0.2, -0.15) is 0 Å². The SMILES string of the molecule is COc1ccc(C2(c3ccccc3)C=Cc3c(c4c(c5cc(OC)c(OC)cc35)CCc3ccccc3-4)O2)cc1. The highest BCUT2D eigenvalue weighted by Gasteiger charge is 2.40. The van der Waals surface area contributed by atoms with Gasteiger partial charge in [-0.25, -0.2) is 0 Å². The number of methoxy groups -OCH3 is 3. The van der Waals surface area contributed by atoms with Gasteiger partial charge < -0.3 is 18.9 Å². The highest BCUT2D eigenvalue weighted by atomic mass is 16.5. The second-order valence-corrected chi connectivity index (χ2v) is 10.3. The van der Waals surface area contributed by atoms with Crippen molar-refractivity contribution in [2.75, 3.05) is 21.3 Å². The van der Waals surface area contributed by atoms with Crippen LogP contribution in [0.4, 0.5) is 0 Å². The fourth-order valence-corrected chi connectivity index (χ4v) is 6.34. The Balaban J connectivity index is 1.56. The normalized spacial score (nSPS) is 16.9. The number of rotatable bonds is 5. The summed E-state index contributed by atoms with van der Waals surface area (Å²) in [5, 5.41) is 2.27. The zero-order chi connectivity index (χ0) is 27.3. The molecule has 198 valence electrons. The summed E-state index contributed by atoms with van der Waals surface area (Å²) in [5.41, 5.74) is 7.33. The van der Waals surface area contributed by atoms with Gasteiger partial charge in [0.1, 0.15) is 11.5 Å². The van der Waals surface area contributed by atoms with Gasteiger partial charge in [-0.3, -0.25) is 0 Å². The predicted molar refractivity (Wildman–Crippen MR) is 160 cm³/mol. The molecule has 0 amide bonds. The Morgan fingerprint density at radius 2 is 1.35 bits per heavy atom. The molecule has 1 atom stereocenters. The maximum atomic E-state index is 7.36. The summed E-state index contributed by atoms with van der Waals surface area (Å²) >= 11 is 0. The van der Waals surface area contributed by atoms with Gasteiger partial charge in [-0.05, 0) is 76.7 Å². The van der Waals surface area contributed by atoms with Crippen LogP contribution in [0.15, 0.2) is 97.1 Å². The van der Waals surface area contributed by atoms with Crippen LogP contribution in [0.3, 0.4) is 0 Å². The molecule has 1 aliphatic heterocycles. The molecule has 0 fully saturated rings. The minimum absolute atomic E-state index is 0.705. The van der Waals surface area contributed by atoms with E-state index in [1.807, 2.05) is 18.2 Å². The zero-order valence-corrected chi connectivity index (χ0v) is 22.9. The molecule has 0 saturated heterocycles. The van der Waals surface area contributed by atoms with Crippen LogP contribution in [-0.4, -0.2) is 21.3 Å². The average Bonchev–Trinajstić information content (AvgIpc) is 3.04. The van der Waals surface area contributed by atoms with E-state index in [9.17, 15) is 0 Å². The lowest BCUT2D eigenvalue weighted by Gasteiger charge is -2.39. The molecule has 4 heteroatoms. The Kier molecular flexibility index (Phi) is 5.78. The van der Waals surface area contributed by atoms with Gasteiger partial charge in [0, 0.05) is 22.3 Å². The Bertz CT molecular complexity index is 1770. The molecule has 1 aliphatic carbocycles. The van der Waals surface area contributed by atoms with Crippen molar-refractivity contribution in [3.63, 3.8) is 0 Å². The lowest BCUT2D eigenvalue weighted by Crippen LogP contribution is -2.34. The molecule has 40 heavy (non-hydrogen) atoms. The van der Waals surface area contributed by atoms with Gasteiger partial charge in [-0.15, -0.1) is 0 Å². The number of fused-ring (bicyclic) bond motifs is 8. The third-order valence-electron chi connectivity index (χ3n) is 8.31. The lowest BCUT2D eigenvalue weighted by molar-refractivity contribution is 0.162. The van der Waals surface area contributed by atoms with E-state index in [0.717, 1.165) is 57.7 Å². The summed E-state index contributed by atoms with van der Waals surface area (Å²) in [5.74, 6) is 3.14. The Morgan fingerprint density at radius 1 is 0.675 bits per heavy atom. The van der Waals surface area contributed by atoms with E-state index in [2.05, 4.69) is 84.9 Å². The maximum absolute atomic E-state index is 7.36. The first-order valence-electron chi connectivity index (χ1n) is 13.6. The fourth-order valence-electron chi connectivity index (χ4n) is 6.34. The molecule has 5 aromatic carbocycles. The van der Waals surface area contributed by atoms with Crippen LogP contribution in [0.2, 0.25) is 0 Å². The minimum atomic E-state index is -0.815. The second-order valence-electron chi connectivity index (χ2n) is 10.3. The molecule has 0 N–H and O–H groups in total. The summed E-state index contributed by atoms with van der Waals surface area (Å²) in [6.07, 6.45) is 6.30. The smallest absolute Gasteiger partial charge is 0.178 e. The average molecular weight is 527 g/mol. The van der Waals surface area contributed by atoms with E-state index in [0.29, 0.717) is 5.75 Å². The molecular formula is C36H30O4. The largest absolute Gasteiger partial charge is 0.497 e. The molecule has 5 aromatic rings. The zero-order valence-electron chi connectivity index (χ0n) is 22.9. The number of ether oxygens (including phenoxy) is 4. The Hall–Kier alpha value is -4.70. The summed E-state index contributed by atoms with van der Waals surface area (Å²) in [6, 6.07) is 31.5. The summed E-state index contributed by atoms with van der Waals surface area (Å²) in [4.78, 5) is 0. The summed E-state index contributed by atoms with van der Waals surface area (Å²) < 4.78 is 24.3. The van der Waals surface area contributed by atoms with Crippen molar-refractivity contribution in [2.24, 2.45) is 0 Å². The van der Waals surface area contributed by atoms with Gasteiger partial charge in [0.25, 0.3) is 0 Å². The molecule has 0 spiro atoms. The Labute approximate surface area is 234 Å². The standard InChI is InChI=1S/C36H30O4/c1-37-26-16-14-25(15-17-26)36(24-10-5-4-6-11-24)20-19-29-31-22-33(39-3)32(38-2)21-30(31)28-18-13-23-9-7-8-12-27(23)34(28)35(29)40-36/h4-12,14-17,19-22H,13,18H2,1-3H3. The summed E-state index contributed by atoms with van der Waals surface area (Å²) in [6.45, 7) is 0. The van der Waals surface area contributed by atoms with E-state index in [-0.39, 0.29) is 0 Å².